The van der Waals surface area contributed by atoms with Crippen LogP contribution in [0.15, 0.2) is 35.3 Å². The average molecular weight is 549 g/mol. The summed E-state index contributed by atoms with van der Waals surface area (Å²) in [6.45, 7) is 3.45. The number of rotatable bonds is 17. The Hall–Kier alpha value is -4.20. The summed E-state index contributed by atoms with van der Waals surface area (Å²) in [6, 6.07) is 4.30. The van der Waals surface area contributed by atoms with Crippen molar-refractivity contribution in [3.8, 4) is 0 Å². The van der Waals surface area contributed by atoms with E-state index in [0.717, 1.165) is 5.56 Å². The number of guanidine groups is 1. The molecule has 0 aliphatic carbocycles. The molecule has 0 fully saturated rings. The summed E-state index contributed by atoms with van der Waals surface area (Å²) in [6.07, 6.45) is 0.338. The van der Waals surface area contributed by atoms with Gasteiger partial charge in [-0.3, -0.25) is 24.2 Å². The van der Waals surface area contributed by atoms with E-state index in [1.807, 2.05) is 0 Å². The van der Waals surface area contributed by atoms with Crippen LogP contribution in [0, 0.1) is 5.92 Å². The van der Waals surface area contributed by atoms with E-state index in [1.165, 1.54) is 0 Å². The molecule has 216 valence electrons. The third-order valence-electron chi connectivity index (χ3n) is 5.76. The molecule has 0 aliphatic rings. The first-order valence-electron chi connectivity index (χ1n) is 12.6. The number of amides is 4. The predicted molar refractivity (Wildman–Crippen MR) is 145 cm³/mol. The molecule has 0 saturated heterocycles. The zero-order valence-corrected chi connectivity index (χ0v) is 22.3. The van der Waals surface area contributed by atoms with E-state index in [4.69, 9.17) is 22.9 Å². The molecule has 4 unspecified atom stereocenters. The number of hydrogen-bond acceptors (Lipinski definition) is 7. The van der Waals surface area contributed by atoms with Crippen LogP contribution >= 0.6 is 0 Å². The number of carboxylic acid groups (broad SMARTS) is 1. The van der Waals surface area contributed by atoms with Crippen LogP contribution in [0.4, 0.5) is 0 Å². The summed E-state index contributed by atoms with van der Waals surface area (Å²) in [4.78, 5) is 65.7. The number of nitrogens with one attached hydrogen (secondary N) is 3. The molecule has 4 atom stereocenters. The van der Waals surface area contributed by atoms with Crippen LogP contribution < -0.4 is 38.9 Å². The van der Waals surface area contributed by atoms with Gasteiger partial charge in [-0.15, -0.1) is 0 Å². The molecule has 0 radical (unpaired) electrons. The maximum absolute atomic E-state index is 13.4. The number of hydrogen-bond donors (Lipinski definition) is 8. The summed E-state index contributed by atoms with van der Waals surface area (Å²) >= 11 is 0. The number of nitrogens with zero attached hydrogens (tertiary/aromatic N) is 1. The normalized spacial score (nSPS) is 13.8. The highest BCUT2D eigenvalue weighted by molar-refractivity contribution is 5.94. The molecule has 1 aromatic carbocycles. The average Bonchev–Trinajstić information content (AvgIpc) is 2.86. The second-order valence-corrected chi connectivity index (χ2v) is 9.44. The van der Waals surface area contributed by atoms with Gasteiger partial charge in [-0.05, 0) is 30.7 Å². The molecule has 4 amide bonds. The van der Waals surface area contributed by atoms with Crippen molar-refractivity contribution in [2.24, 2.45) is 33.8 Å². The largest absolute Gasteiger partial charge is 0.480 e. The van der Waals surface area contributed by atoms with Crippen molar-refractivity contribution in [1.29, 1.82) is 0 Å². The summed E-state index contributed by atoms with van der Waals surface area (Å²) in [5, 5.41) is 17.1. The number of carboxylic acids is 1. The molecule has 0 saturated carbocycles. The van der Waals surface area contributed by atoms with E-state index in [1.54, 1.807) is 44.2 Å². The fourth-order valence-corrected chi connectivity index (χ4v) is 3.58. The molecule has 14 heteroatoms. The molecule has 0 heterocycles. The molecular weight excluding hydrogens is 508 g/mol. The van der Waals surface area contributed by atoms with Gasteiger partial charge in [-0.2, -0.15) is 0 Å². The third-order valence-corrected chi connectivity index (χ3v) is 5.76. The van der Waals surface area contributed by atoms with Crippen molar-refractivity contribution in [3.63, 3.8) is 0 Å². The van der Waals surface area contributed by atoms with Gasteiger partial charge in [0.05, 0.1) is 6.04 Å². The molecule has 39 heavy (non-hydrogen) atoms. The second-order valence-electron chi connectivity index (χ2n) is 9.44. The first-order chi connectivity index (χ1) is 18.3. The first kappa shape index (κ1) is 32.8. The summed E-state index contributed by atoms with van der Waals surface area (Å²) in [5.74, 6) is -4.47. The van der Waals surface area contributed by atoms with Gasteiger partial charge >= 0.3 is 5.97 Å². The Bertz CT molecular complexity index is 1010. The van der Waals surface area contributed by atoms with Crippen molar-refractivity contribution in [3.05, 3.63) is 35.9 Å². The van der Waals surface area contributed by atoms with Crippen molar-refractivity contribution >= 4 is 35.6 Å². The Kier molecular flexibility index (Phi) is 14.0. The third kappa shape index (κ3) is 12.7. The number of primary amides is 1. The Balaban J connectivity index is 3.14. The SMILES string of the molecule is CC(C)C(NC(=O)C(CCCN=C(N)N)NC(=O)C(Cc1ccccc1)NC(=O)C(N)CCC(N)=O)C(=O)O. The van der Waals surface area contributed by atoms with Crippen LogP contribution in [0.1, 0.15) is 45.1 Å². The van der Waals surface area contributed by atoms with Gasteiger partial charge < -0.3 is 44.0 Å². The first-order valence-corrected chi connectivity index (χ1v) is 12.6. The predicted octanol–water partition coefficient (Wildman–Crippen LogP) is -1.93. The van der Waals surface area contributed by atoms with E-state index in [0.29, 0.717) is 6.42 Å². The zero-order valence-electron chi connectivity index (χ0n) is 22.3. The molecule has 0 spiro atoms. The van der Waals surface area contributed by atoms with E-state index >= 15 is 0 Å². The van der Waals surface area contributed by atoms with Gasteiger partial charge in [0, 0.05) is 19.4 Å². The quantitative estimate of drug-likeness (QED) is 0.0611. The van der Waals surface area contributed by atoms with Crippen LogP contribution in [-0.4, -0.2) is 71.4 Å². The van der Waals surface area contributed by atoms with Gasteiger partial charge in [-0.1, -0.05) is 44.2 Å². The van der Waals surface area contributed by atoms with Crippen LogP contribution in [0.2, 0.25) is 0 Å². The lowest BCUT2D eigenvalue weighted by Crippen LogP contribution is -2.58. The molecule has 0 aliphatic heterocycles. The van der Waals surface area contributed by atoms with Gasteiger partial charge in [0.1, 0.15) is 18.1 Å². The molecule has 0 bridgehead atoms. The minimum atomic E-state index is -1.22. The molecule has 0 aromatic heterocycles. The molecule has 14 nitrogen and oxygen atoms in total. The maximum atomic E-state index is 13.4. The van der Waals surface area contributed by atoms with Crippen molar-refractivity contribution in [2.45, 2.75) is 70.1 Å². The Morgan fingerprint density at radius 1 is 0.872 bits per heavy atom. The van der Waals surface area contributed by atoms with E-state index in [9.17, 15) is 29.1 Å². The topological polar surface area (TPSA) is 258 Å². The number of aliphatic carboxylic acids is 1. The number of benzene rings is 1. The highest BCUT2D eigenvalue weighted by Gasteiger charge is 2.31. The highest BCUT2D eigenvalue weighted by atomic mass is 16.4. The fraction of sp³-hybridized carbons (Fsp3) is 0.520. The Morgan fingerprint density at radius 3 is 2.00 bits per heavy atom. The molecule has 1 rings (SSSR count). The lowest BCUT2D eigenvalue weighted by molar-refractivity contribution is -0.143. The van der Waals surface area contributed by atoms with E-state index < -0.39 is 59.7 Å². The minimum Gasteiger partial charge on any atom is -0.480 e. The summed E-state index contributed by atoms with van der Waals surface area (Å²) < 4.78 is 0. The van der Waals surface area contributed by atoms with Gasteiger partial charge in [-0.25, -0.2) is 4.79 Å². The van der Waals surface area contributed by atoms with Gasteiger partial charge in [0.2, 0.25) is 23.6 Å². The standard InChI is InChI=1S/C25H40N8O6/c1-14(2)20(24(38)39)33-22(36)17(9-6-12-30-25(28)29)31-23(37)18(13-15-7-4-3-5-8-15)32-21(35)16(26)10-11-19(27)34/h3-5,7-8,14,16-18,20H,6,9-13,26H2,1-2H3,(H2,27,34)(H,31,37)(H,32,35)(H,33,36)(H,38,39)(H4,28,29,30). The van der Waals surface area contributed by atoms with Crippen molar-refractivity contribution < 1.29 is 29.1 Å². The summed E-state index contributed by atoms with van der Waals surface area (Å²) in [7, 11) is 0. The van der Waals surface area contributed by atoms with Crippen LogP contribution in [0.3, 0.4) is 0 Å². The number of aliphatic imine (C=N–C) groups is 1. The number of nitrogens with two attached hydrogens (primary N) is 4. The monoisotopic (exact) mass is 548 g/mol. The lowest BCUT2D eigenvalue weighted by atomic mass is 10.0. The maximum Gasteiger partial charge on any atom is 0.326 e. The number of carbonyl (C=O) groups excluding carboxylic acids is 4. The fourth-order valence-electron chi connectivity index (χ4n) is 3.58. The smallest absolute Gasteiger partial charge is 0.326 e. The van der Waals surface area contributed by atoms with Gasteiger partial charge in [0.15, 0.2) is 5.96 Å². The van der Waals surface area contributed by atoms with Crippen LogP contribution in [0.25, 0.3) is 0 Å². The Morgan fingerprint density at radius 2 is 1.46 bits per heavy atom. The molecular formula is C25H40N8O6. The zero-order chi connectivity index (χ0) is 29.5. The van der Waals surface area contributed by atoms with Crippen molar-refractivity contribution in [1.82, 2.24) is 16.0 Å². The van der Waals surface area contributed by atoms with E-state index in [-0.39, 0.29) is 38.2 Å². The molecule has 12 N–H and O–H groups in total. The van der Waals surface area contributed by atoms with Crippen LogP contribution in [-0.2, 0) is 30.4 Å². The molecule has 1 aromatic rings. The lowest BCUT2D eigenvalue weighted by Gasteiger charge is -2.26. The minimum absolute atomic E-state index is 0.0115. The summed E-state index contributed by atoms with van der Waals surface area (Å²) in [5.41, 5.74) is 22.4. The number of carbonyl (C=O) groups is 5. The Labute approximate surface area is 227 Å². The van der Waals surface area contributed by atoms with Crippen LogP contribution in [0.5, 0.6) is 0 Å². The highest BCUT2D eigenvalue weighted by Crippen LogP contribution is 2.08. The second kappa shape index (κ2) is 16.6. The van der Waals surface area contributed by atoms with E-state index in [2.05, 4.69) is 20.9 Å². The van der Waals surface area contributed by atoms with Gasteiger partial charge in [0.25, 0.3) is 0 Å². The van der Waals surface area contributed by atoms with Crippen molar-refractivity contribution in [2.75, 3.05) is 6.54 Å².